The maximum atomic E-state index is 12.0. The van der Waals surface area contributed by atoms with E-state index >= 15 is 0 Å². The third-order valence-corrected chi connectivity index (χ3v) is 3.68. The van der Waals surface area contributed by atoms with E-state index < -0.39 is 6.09 Å². The monoisotopic (exact) mass is 282 g/mol. The molecule has 1 aromatic rings. The van der Waals surface area contributed by atoms with Crippen LogP contribution in [0.4, 0.5) is 9.80 Å². The molecular weight excluding hydrogens is 264 g/mol. The molecule has 0 radical (unpaired) electrons. The van der Waals surface area contributed by atoms with Gasteiger partial charge in [-0.3, -0.25) is 9.69 Å². The van der Waals surface area contributed by atoms with E-state index in [0.29, 0.717) is 25.6 Å². The summed E-state index contributed by atoms with van der Waals surface area (Å²) in [7, 11) is 0. The topological polar surface area (TPSA) is 49.9 Å². The number of carbonyl (C=O) groups excluding carboxylic acids is 2. The van der Waals surface area contributed by atoms with Crippen LogP contribution in [-0.2, 0) is 9.53 Å². The highest BCUT2D eigenvalue weighted by atomic mass is 32.1. The highest BCUT2D eigenvalue weighted by Gasteiger charge is 2.29. The summed E-state index contributed by atoms with van der Waals surface area (Å²) >= 11 is 1.53. The summed E-state index contributed by atoms with van der Waals surface area (Å²) in [5.41, 5.74) is 0. The number of carbonyl (C=O) groups is 2. The van der Waals surface area contributed by atoms with Crippen molar-refractivity contribution in [1.29, 1.82) is 0 Å². The molecule has 1 saturated heterocycles. The number of piperazine rings is 1. The Bertz CT molecular complexity index is 445. The van der Waals surface area contributed by atoms with Crippen LogP contribution in [0.1, 0.15) is 13.8 Å². The quantitative estimate of drug-likeness (QED) is 0.854. The van der Waals surface area contributed by atoms with Crippen LogP contribution >= 0.6 is 11.3 Å². The van der Waals surface area contributed by atoms with Crippen molar-refractivity contribution in [1.82, 2.24) is 4.90 Å². The molecule has 1 aliphatic heterocycles. The molecule has 0 bridgehead atoms. The van der Waals surface area contributed by atoms with E-state index in [-0.39, 0.29) is 12.5 Å². The maximum Gasteiger partial charge on any atom is 0.410 e. The Morgan fingerprint density at radius 1 is 1.47 bits per heavy atom. The largest absolute Gasteiger partial charge is 0.449 e. The minimum Gasteiger partial charge on any atom is -0.449 e. The summed E-state index contributed by atoms with van der Waals surface area (Å²) in [4.78, 5) is 27.0. The number of hydrogen-bond donors (Lipinski definition) is 0. The van der Waals surface area contributed by atoms with E-state index in [4.69, 9.17) is 4.74 Å². The van der Waals surface area contributed by atoms with Gasteiger partial charge in [0.25, 0.3) is 0 Å². The minimum atomic E-state index is -0.395. The molecule has 1 fully saturated rings. The summed E-state index contributed by atoms with van der Waals surface area (Å²) in [6.45, 7) is 5.48. The molecular formula is C13H18N2O3S. The van der Waals surface area contributed by atoms with E-state index in [1.54, 1.807) is 4.90 Å². The van der Waals surface area contributed by atoms with Gasteiger partial charge in [0.05, 0.1) is 11.6 Å². The fourth-order valence-corrected chi connectivity index (χ4v) is 2.59. The van der Waals surface area contributed by atoms with Crippen molar-refractivity contribution in [2.24, 2.45) is 5.92 Å². The van der Waals surface area contributed by atoms with Gasteiger partial charge in [0, 0.05) is 13.1 Å². The number of thiophene rings is 1. The van der Waals surface area contributed by atoms with Crippen molar-refractivity contribution in [3.05, 3.63) is 17.5 Å². The Balaban J connectivity index is 1.89. The second-order valence-electron chi connectivity index (χ2n) is 4.89. The molecule has 6 heteroatoms. The van der Waals surface area contributed by atoms with Gasteiger partial charge in [-0.05, 0) is 23.4 Å². The van der Waals surface area contributed by atoms with Gasteiger partial charge in [-0.1, -0.05) is 13.8 Å². The van der Waals surface area contributed by atoms with Gasteiger partial charge in [-0.15, -0.1) is 11.3 Å². The van der Waals surface area contributed by atoms with Crippen LogP contribution < -0.4 is 4.90 Å². The second kappa shape index (κ2) is 6.06. The van der Waals surface area contributed by atoms with Gasteiger partial charge in [0.2, 0.25) is 5.91 Å². The molecule has 5 nitrogen and oxygen atoms in total. The third kappa shape index (κ3) is 3.47. The molecule has 0 unspecified atom stereocenters. The molecule has 104 valence electrons. The summed E-state index contributed by atoms with van der Waals surface area (Å²) in [5, 5.41) is 2.87. The van der Waals surface area contributed by atoms with E-state index in [0.717, 1.165) is 5.00 Å². The van der Waals surface area contributed by atoms with E-state index in [2.05, 4.69) is 0 Å². The zero-order valence-corrected chi connectivity index (χ0v) is 12.0. The second-order valence-corrected chi connectivity index (χ2v) is 5.82. The normalized spacial score (nSPS) is 16.1. The highest BCUT2D eigenvalue weighted by molar-refractivity contribution is 7.14. The Hall–Kier alpha value is -1.56. The number of hydrogen-bond acceptors (Lipinski definition) is 4. The van der Waals surface area contributed by atoms with Crippen molar-refractivity contribution in [2.45, 2.75) is 13.8 Å². The van der Waals surface area contributed by atoms with Gasteiger partial charge >= 0.3 is 6.09 Å². The molecule has 0 saturated carbocycles. The first-order valence-corrected chi connectivity index (χ1v) is 7.21. The van der Waals surface area contributed by atoms with E-state index in [9.17, 15) is 9.59 Å². The smallest absolute Gasteiger partial charge is 0.410 e. The average Bonchev–Trinajstić information content (AvgIpc) is 2.89. The van der Waals surface area contributed by atoms with Crippen molar-refractivity contribution in [3.63, 3.8) is 0 Å². The van der Waals surface area contributed by atoms with Crippen LogP contribution in [0.25, 0.3) is 0 Å². The molecule has 1 aliphatic rings. The molecule has 0 aliphatic carbocycles. The molecule has 2 amide bonds. The Morgan fingerprint density at radius 3 is 2.84 bits per heavy atom. The number of nitrogens with zero attached hydrogens (tertiary/aromatic N) is 2. The van der Waals surface area contributed by atoms with E-state index in [1.807, 2.05) is 31.4 Å². The number of anilines is 1. The van der Waals surface area contributed by atoms with Crippen molar-refractivity contribution in [2.75, 3.05) is 31.1 Å². The zero-order chi connectivity index (χ0) is 13.8. The van der Waals surface area contributed by atoms with Crippen LogP contribution in [0.2, 0.25) is 0 Å². The molecule has 2 heterocycles. The molecule has 2 rings (SSSR count). The van der Waals surface area contributed by atoms with Crippen molar-refractivity contribution >= 4 is 28.3 Å². The number of ether oxygens (including phenoxy) is 1. The Kier molecular flexibility index (Phi) is 4.42. The summed E-state index contributed by atoms with van der Waals surface area (Å²) in [6.07, 6.45) is -0.395. The van der Waals surface area contributed by atoms with Gasteiger partial charge in [-0.2, -0.15) is 0 Å². The first-order chi connectivity index (χ1) is 9.08. The van der Waals surface area contributed by atoms with Crippen molar-refractivity contribution < 1.29 is 14.3 Å². The molecule has 1 aromatic heterocycles. The van der Waals surface area contributed by atoms with Crippen LogP contribution in [0.3, 0.4) is 0 Å². The summed E-state index contributed by atoms with van der Waals surface area (Å²) in [5.74, 6) is 0.238. The lowest BCUT2D eigenvalue weighted by Gasteiger charge is -2.32. The van der Waals surface area contributed by atoms with Crippen LogP contribution in [0.15, 0.2) is 17.5 Å². The van der Waals surface area contributed by atoms with Gasteiger partial charge in [0.15, 0.2) is 0 Å². The Labute approximate surface area is 116 Å². The lowest BCUT2D eigenvalue weighted by Crippen LogP contribution is -2.52. The van der Waals surface area contributed by atoms with E-state index in [1.165, 1.54) is 16.2 Å². The van der Waals surface area contributed by atoms with Crippen LogP contribution in [-0.4, -0.2) is 43.1 Å². The first kappa shape index (κ1) is 13.9. The average molecular weight is 282 g/mol. The standard InChI is InChI=1S/C13H18N2O3S/c1-10(2)9-18-13(17)14-5-6-15(11(16)8-14)12-4-3-7-19-12/h3-4,7,10H,5-6,8-9H2,1-2H3. The fourth-order valence-electron chi connectivity index (χ4n) is 1.81. The fraction of sp³-hybridized carbons (Fsp3) is 0.538. The third-order valence-electron chi connectivity index (χ3n) is 2.79. The molecule has 0 N–H and O–H groups in total. The summed E-state index contributed by atoms with van der Waals surface area (Å²) < 4.78 is 5.14. The minimum absolute atomic E-state index is 0.0600. The lowest BCUT2D eigenvalue weighted by atomic mass is 10.2. The summed E-state index contributed by atoms with van der Waals surface area (Å²) in [6, 6.07) is 3.83. The molecule has 0 spiro atoms. The van der Waals surface area contributed by atoms with Crippen molar-refractivity contribution in [3.8, 4) is 0 Å². The van der Waals surface area contributed by atoms with Crippen LogP contribution in [0, 0.1) is 5.92 Å². The maximum absolute atomic E-state index is 12.0. The number of rotatable bonds is 3. The number of amides is 2. The van der Waals surface area contributed by atoms with Gasteiger partial charge in [-0.25, -0.2) is 4.79 Å². The molecule has 19 heavy (non-hydrogen) atoms. The molecule has 0 aromatic carbocycles. The molecule has 0 atom stereocenters. The highest BCUT2D eigenvalue weighted by Crippen LogP contribution is 2.23. The predicted molar refractivity (Wildman–Crippen MR) is 74.4 cm³/mol. The van der Waals surface area contributed by atoms with Gasteiger partial charge in [0.1, 0.15) is 6.54 Å². The lowest BCUT2D eigenvalue weighted by molar-refractivity contribution is -0.120. The zero-order valence-electron chi connectivity index (χ0n) is 11.2. The Morgan fingerprint density at radius 2 is 2.26 bits per heavy atom. The first-order valence-electron chi connectivity index (χ1n) is 6.33. The van der Waals surface area contributed by atoms with Gasteiger partial charge < -0.3 is 9.64 Å². The predicted octanol–water partition coefficient (Wildman–Crippen LogP) is 2.19. The SMILES string of the molecule is CC(C)COC(=O)N1CCN(c2cccs2)C(=O)C1. The van der Waals surface area contributed by atoms with Crippen LogP contribution in [0.5, 0.6) is 0 Å².